The maximum absolute atomic E-state index is 12.0. The van der Waals surface area contributed by atoms with Crippen molar-refractivity contribution in [3.63, 3.8) is 0 Å². The third-order valence-electron chi connectivity index (χ3n) is 3.48. The van der Waals surface area contributed by atoms with Crippen molar-refractivity contribution in [1.82, 2.24) is 20.2 Å². The van der Waals surface area contributed by atoms with Crippen molar-refractivity contribution in [3.8, 4) is 0 Å². The van der Waals surface area contributed by atoms with Crippen molar-refractivity contribution < 1.29 is 4.79 Å². The Balaban J connectivity index is 1.60. The molecule has 1 fully saturated rings. The van der Waals surface area contributed by atoms with E-state index in [1.54, 1.807) is 0 Å². The maximum Gasteiger partial charge on any atom is 0.223 e. The first-order chi connectivity index (χ1) is 9.33. The van der Waals surface area contributed by atoms with Crippen molar-refractivity contribution in [3.05, 3.63) is 30.1 Å². The van der Waals surface area contributed by atoms with Crippen molar-refractivity contribution in [2.75, 3.05) is 26.2 Å². The fraction of sp³-hybridized carbons (Fsp3) is 0.429. The van der Waals surface area contributed by atoms with Crippen LogP contribution in [0.4, 0.5) is 0 Å². The van der Waals surface area contributed by atoms with E-state index in [1.807, 2.05) is 29.2 Å². The summed E-state index contributed by atoms with van der Waals surface area (Å²) in [6, 6.07) is 7.94. The standard InChI is InChI=1S/C14H18N4O/c19-14(18-9-7-15-8-10-18)6-5-13-16-11-3-1-2-4-12(11)17-13/h1-4,15H,5-10H2,(H,16,17). The Labute approximate surface area is 112 Å². The van der Waals surface area contributed by atoms with E-state index in [1.165, 1.54) is 0 Å². The molecule has 0 radical (unpaired) electrons. The van der Waals surface area contributed by atoms with Gasteiger partial charge >= 0.3 is 0 Å². The molecule has 0 aliphatic carbocycles. The van der Waals surface area contributed by atoms with E-state index >= 15 is 0 Å². The first-order valence-electron chi connectivity index (χ1n) is 6.75. The van der Waals surface area contributed by atoms with Gasteiger partial charge in [-0.2, -0.15) is 0 Å². The zero-order valence-corrected chi connectivity index (χ0v) is 10.9. The van der Waals surface area contributed by atoms with Gasteiger partial charge in [-0.25, -0.2) is 4.98 Å². The minimum absolute atomic E-state index is 0.224. The van der Waals surface area contributed by atoms with Crippen LogP contribution in [-0.2, 0) is 11.2 Å². The van der Waals surface area contributed by atoms with Crippen LogP contribution >= 0.6 is 0 Å². The molecule has 2 heterocycles. The average molecular weight is 258 g/mol. The molecule has 1 saturated heterocycles. The van der Waals surface area contributed by atoms with E-state index < -0.39 is 0 Å². The normalized spacial score (nSPS) is 15.9. The molecule has 2 N–H and O–H groups in total. The molecule has 0 bridgehead atoms. The van der Waals surface area contributed by atoms with E-state index in [-0.39, 0.29) is 5.91 Å². The lowest BCUT2D eigenvalue weighted by atomic mass is 10.2. The number of fused-ring (bicyclic) bond motifs is 1. The summed E-state index contributed by atoms with van der Waals surface area (Å²) >= 11 is 0. The molecule has 0 spiro atoms. The predicted octanol–water partition coefficient (Wildman–Crippen LogP) is 0.927. The number of H-pyrrole nitrogens is 1. The van der Waals surface area contributed by atoms with Gasteiger partial charge in [0.25, 0.3) is 0 Å². The molecule has 5 nitrogen and oxygen atoms in total. The van der Waals surface area contributed by atoms with Crippen molar-refractivity contribution >= 4 is 16.9 Å². The van der Waals surface area contributed by atoms with E-state index in [0.717, 1.165) is 43.0 Å². The third-order valence-corrected chi connectivity index (χ3v) is 3.48. The third kappa shape index (κ3) is 2.76. The number of aromatic amines is 1. The fourth-order valence-electron chi connectivity index (χ4n) is 2.42. The Morgan fingerprint density at radius 3 is 2.84 bits per heavy atom. The number of nitrogens with zero attached hydrogens (tertiary/aromatic N) is 2. The SMILES string of the molecule is O=C(CCc1nc2ccccc2[nH]1)N1CCNCC1. The lowest BCUT2D eigenvalue weighted by Crippen LogP contribution is -2.46. The number of nitrogens with one attached hydrogen (secondary N) is 2. The number of imidazole rings is 1. The second-order valence-corrected chi connectivity index (χ2v) is 4.83. The molecule has 1 amide bonds. The van der Waals surface area contributed by atoms with Crippen molar-refractivity contribution in [2.24, 2.45) is 0 Å². The first-order valence-corrected chi connectivity index (χ1v) is 6.75. The highest BCUT2D eigenvalue weighted by atomic mass is 16.2. The summed E-state index contributed by atoms with van der Waals surface area (Å²) in [6.07, 6.45) is 1.21. The van der Waals surface area contributed by atoms with Gasteiger partial charge in [0.05, 0.1) is 11.0 Å². The van der Waals surface area contributed by atoms with Gasteiger partial charge in [0, 0.05) is 39.0 Å². The maximum atomic E-state index is 12.0. The number of aromatic nitrogens is 2. The number of amides is 1. The Bertz CT molecular complexity index is 539. The van der Waals surface area contributed by atoms with Crippen molar-refractivity contribution in [2.45, 2.75) is 12.8 Å². The van der Waals surface area contributed by atoms with Gasteiger partial charge in [-0.15, -0.1) is 0 Å². The van der Waals surface area contributed by atoms with Crippen LogP contribution in [0.5, 0.6) is 0 Å². The van der Waals surface area contributed by atoms with E-state index in [4.69, 9.17) is 0 Å². The highest BCUT2D eigenvalue weighted by Crippen LogP contribution is 2.11. The number of benzene rings is 1. The molecule has 19 heavy (non-hydrogen) atoms. The molecule has 0 saturated carbocycles. The Morgan fingerprint density at radius 1 is 1.26 bits per heavy atom. The molecular formula is C14H18N4O. The summed E-state index contributed by atoms with van der Waals surface area (Å²) in [5, 5.41) is 3.25. The van der Waals surface area contributed by atoms with Gasteiger partial charge in [-0.1, -0.05) is 12.1 Å². The van der Waals surface area contributed by atoms with Gasteiger partial charge in [-0.3, -0.25) is 4.79 Å². The average Bonchev–Trinajstić information content (AvgIpc) is 2.88. The summed E-state index contributed by atoms with van der Waals surface area (Å²) < 4.78 is 0. The van der Waals surface area contributed by atoms with Crippen LogP contribution in [0.1, 0.15) is 12.2 Å². The fourth-order valence-corrected chi connectivity index (χ4v) is 2.42. The van der Waals surface area contributed by atoms with E-state index in [9.17, 15) is 4.79 Å². The van der Waals surface area contributed by atoms with Crippen LogP contribution < -0.4 is 5.32 Å². The Kier molecular flexibility index (Phi) is 3.46. The number of hydrogen-bond acceptors (Lipinski definition) is 3. The number of aryl methyl sites for hydroxylation is 1. The number of hydrogen-bond donors (Lipinski definition) is 2. The summed E-state index contributed by atoms with van der Waals surface area (Å²) in [7, 11) is 0. The summed E-state index contributed by atoms with van der Waals surface area (Å²) in [6.45, 7) is 3.44. The second kappa shape index (κ2) is 5.40. The highest BCUT2D eigenvalue weighted by Gasteiger charge is 2.16. The Morgan fingerprint density at radius 2 is 2.05 bits per heavy atom. The summed E-state index contributed by atoms with van der Waals surface area (Å²) in [5.74, 6) is 1.12. The van der Waals surface area contributed by atoms with Crippen LogP contribution in [0, 0.1) is 0 Å². The van der Waals surface area contributed by atoms with Gasteiger partial charge in [0.15, 0.2) is 0 Å². The second-order valence-electron chi connectivity index (χ2n) is 4.83. The van der Waals surface area contributed by atoms with E-state index in [2.05, 4.69) is 15.3 Å². The molecule has 0 unspecified atom stereocenters. The monoisotopic (exact) mass is 258 g/mol. The minimum Gasteiger partial charge on any atom is -0.342 e. The molecule has 2 aromatic rings. The van der Waals surface area contributed by atoms with E-state index in [0.29, 0.717) is 12.8 Å². The largest absolute Gasteiger partial charge is 0.342 e. The highest BCUT2D eigenvalue weighted by molar-refractivity contribution is 5.77. The molecule has 1 aliphatic rings. The molecule has 0 atom stereocenters. The van der Waals surface area contributed by atoms with Crippen LogP contribution in [0.25, 0.3) is 11.0 Å². The number of piperazine rings is 1. The summed E-state index contributed by atoms with van der Waals surface area (Å²) in [4.78, 5) is 21.7. The Hall–Kier alpha value is -1.88. The van der Waals surface area contributed by atoms with Gasteiger partial charge in [0.2, 0.25) is 5.91 Å². The van der Waals surface area contributed by atoms with Crippen LogP contribution in [0.2, 0.25) is 0 Å². The predicted molar refractivity (Wildman–Crippen MR) is 73.9 cm³/mol. The molecule has 1 aromatic carbocycles. The van der Waals surface area contributed by atoms with Gasteiger partial charge in [-0.05, 0) is 12.1 Å². The van der Waals surface area contributed by atoms with Crippen LogP contribution in [0.15, 0.2) is 24.3 Å². The first kappa shape index (κ1) is 12.2. The van der Waals surface area contributed by atoms with Crippen LogP contribution in [-0.4, -0.2) is 47.0 Å². The lowest BCUT2D eigenvalue weighted by Gasteiger charge is -2.27. The lowest BCUT2D eigenvalue weighted by molar-refractivity contribution is -0.131. The number of carbonyl (C=O) groups is 1. The quantitative estimate of drug-likeness (QED) is 0.861. The minimum atomic E-state index is 0.224. The topological polar surface area (TPSA) is 61.0 Å². The smallest absolute Gasteiger partial charge is 0.223 e. The molecule has 1 aromatic heterocycles. The molecule has 1 aliphatic heterocycles. The molecule has 100 valence electrons. The zero-order valence-electron chi connectivity index (χ0n) is 10.9. The number of carbonyl (C=O) groups excluding carboxylic acids is 1. The molecule has 3 rings (SSSR count). The zero-order chi connectivity index (χ0) is 13.1. The molecule has 5 heteroatoms. The summed E-state index contributed by atoms with van der Waals surface area (Å²) in [5.41, 5.74) is 2.00. The molecular weight excluding hydrogens is 240 g/mol. The van der Waals surface area contributed by atoms with Gasteiger partial charge < -0.3 is 15.2 Å². The van der Waals surface area contributed by atoms with Crippen LogP contribution in [0.3, 0.4) is 0 Å². The number of para-hydroxylation sites is 2. The number of rotatable bonds is 3. The van der Waals surface area contributed by atoms with Crippen molar-refractivity contribution in [1.29, 1.82) is 0 Å². The van der Waals surface area contributed by atoms with Gasteiger partial charge in [0.1, 0.15) is 5.82 Å².